The minimum Gasteiger partial charge on any atom is -0.229 e. The maximum Gasteiger partial charge on any atom is 0.150 e. The van der Waals surface area contributed by atoms with Crippen molar-refractivity contribution in [3.05, 3.63) is 29.3 Å². The first-order chi connectivity index (χ1) is 7.03. The lowest BCUT2D eigenvalue weighted by Crippen LogP contribution is -2.10. The van der Waals surface area contributed by atoms with Gasteiger partial charge in [0.05, 0.1) is 5.75 Å². The van der Waals surface area contributed by atoms with Gasteiger partial charge in [0.15, 0.2) is 9.84 Å². The third-order valence-electron chi connectivity index (χ3n) is 1.92. The van der Waals surface area contributed by atoms with Crippen LogP contribution in [-0.4, -0.2) is 25.7 Å². The number of thioether (sulfide) groups is 1. The molecule has 0 aromatic heterocycles. The Kier molecular flexibility index (Phi) is 4.96. The van der Waals surface area contributed by atoms with Crippen molar-refractivity contribution in [3.8, 4) is 0 Å². The Labute approximate surface area is 99.9 Å². The molecular weight excluding hydrogens is 252 g/mol. The summed E-state index contributed by atoms with van der Waals surface area (Å²) < 4.78 is 22.4. The van der Waals surface area contributed by atoms with Crippen LogP contribution in [0.5, 0.6) is 0 Å². The molecule has 0 N–H and O–H groups in total. The molecule has 0 saturated heterocycles. The summed E-state index contributed by atoms with van der Waals surface area (Å²) in [6, 6.07) is 7.40. The average Bonchev–Trinajstić information content (AvgIpc) is 2.21. The third-order valence-corrected chi connectivity index (χ3v) is 5.15. The molecule has 1 rings (SSSR count). The standard InChI is InChI=1S/C10H13ClO2S2/c1-2-15(12,13)8-7-14-10-5-3-9(11)4-6-10/h3-6H,2,7-8H2,1H3. The van der Waals surface area contributed by atoms with E-state index in [2.05, 4.69) is 0 Å². The molecule has 0 bridgehead atoms. The molecule has 5 heteroatoms. The zero-order valence-corrected chi connectivity index (χ0v) is 10.8. The van der Waals surface area contributed by atoms with Crippen LogP contribution in [0.3, 0.4) is 0 Å². The molecule has 0 spiro atoms. The monoisotopic (exact) mass is 264 g/mol. The van der Waals surface area contributed by atoms with E-state index in [1.165, 1.54) is 11.8 Å². The van der Waals surface area contributed by atoms with Gasteiger partial charge in [-0.1, -0.05) is 18.5 Å². The van der Waals surface area contributed by atoms with Crippen LogP contribution in [0.2, 0.25) is 5.02 Å². The zero-order chi connectivity index (χ0) is 11.3. The SMILES string of the molecule is CCS(=O)(=O)CCSc1ccc(Cl)cc1. The molecule has 1 aromatic rings. The predicted molar refractivity (Wildman–Crippen MR) is 66.5 cm³/mol. The van der Waals surface area contributed by atoms with Crippen LogP contribution in [0.25, 0.3) is 0 Å². The van der Waals surface area contributed by atoms with E-state index in [4.69, 9.17) is 11.6 Å². The number of hydrogen-bond acceptors (Lipinski definition) is 3. The van der Waals surface area contributed by atoms with Crippen molar-refractivity contribution < 1.29 is 8.42 Å². The molecule has 1 aromatic carbocycles. The average molecular weight is 265 g/mol. The minimum absolute atomic E-state index is 0.216. The smallest absolute Gasteiger partial charge is 0.150 e. The number of hydrogen-bond donors (Lipinski definition) is 0. The molecule has 0 amide bonds. The van der Waals surface area contributed by atoms with Gasteiger partial charge in [-0.25, -0.2) is 8.42 Å². The lowest BCUT2D eigenvalue weighted by molar-refractivity contribution is 0.599. The number of benzene rings is 1. The van der Waals surface area contributed by atoms with Crippen molar-refractivity contribution in [2.24, 2.45) is 0 Å². The Morgan fingerprint density at radius 3 is 2.40 bits per heavy atom. The van der Waals surface area contributed by atoms with E-state index >= 15 is 0 Å². The van der Waals surface area contributed by atoms with Gasteiger partial charge in [-0.05, 0) is 24.3 Å². The van der Waals surface area contributed by atoms with Crippen LogP contribution in [0.15, 0.2) is 29.2 Å². The maximum absolute atomic E-state index is 11.2. The number of sulfone groups is 1. The second-order valence-electron chi connectivity index (χ2n) is 3.04. The maximum atomic E-state index is 11.2. The van der Waals surface area contributed by atoms with Crippen molar-refractivity contribution in [1.82, 2.24) is 0 Å². The van der Waals surface area contributed by atoms with Gasteiger partial charge in [0.25, 0.3) is 0 Å². The van der Waals surface area contributed by atoms with E-state index in [0.717, 1.165) is 4.90 Å². The molecule has 15 heavy (non-hydrogen) atoms. The Balaban J connectivity index is 2.42. The highest BCUT2D eigenvalue weighted by molar-refractivity contribution is 8.00. The summed E-state index contributed by atoms with van der Waals surface area (Å²) in [4.78, 5) is 1.05. The third kappa shape index (κ3) is 4.91. The van der Waals surface area contributed by atoms with E-state index in [-0.39, 0.29) is 11.5 Å². The van der Waals surface area contributed by atoms with Crippen molar-refractivity contribution in [3.63, 3.8) is 0 Å². The highest BCUT2D eigenvalue weighted by atomic mass is 35.5. The second kappa shape index (κ2) is 5.77. The van der Waals surface area contributed by atoms with E-state index in [1.54, 1.807) is 19.1 Å². The van der Waals surface area contributed by atoms with Crippen LogP contribution in [0, 0.1) is 0 Å². The fraction of sp³-hybridized carbons (Fsp3) is 0.400. The van der Waals surface area contributed by atoms with Gasteiger partial charge in [-0.15, -0.1) is 11.8 Å². The molecule has 84 valence electrons. The first-order valence-electron chi connectivity index (χ1n) is 4.62. The van der Waals surface area contributed by atoms with Crippen LogP contribution in [0.1, 0.15) is 6.92 Å². The van der Waals surface area contributed by atoms with Gasteiger partial charge >= 0.3 is 0 Å². The van der Waals surface area contributed by atoms with Gasteiger partial charge < -0.3 is 0 Å². The molecule has 0 aliphatic carbocycles. The van der Waals surface area contributed by atoms with E-state index in [0.29, 0.717) is 10.8 Å². The quantitative estimate of drug-likeness (QED) is 0.767. The van der Waals surface area contributed by atoms with Crippen molar-refractivity contribution in [2.75, 3.05) is 17.3 Å². The first kappa shape index (κ1) is 12.9. The van der Waals surface area contributed by atoms with Gasteiger partial charge in [-0.3, -0.25) is 0 Å². The van der Waals surface area contributed by atoms with Crippen LogP contribution >= 0.6 is 23.4 Å². The molecule has 0 radical (unpaired) electrons. The van der Waals surface area contributed by atoms with Crippen molar-refractivity contribution in [2.45, 2.75) is 11.8 Å². The molecule has 0 atom stereocenters. The Morgan fingerprint density at radius 2 is 1.87 bits per heavy atom. The fourth-order valence-electron chi connectivity index (χ4n) is 0.962. The van der Waals surface area contributed by atoms with Crippen molar-refractivity contribution in [1.29, 1.82) is 0 Å². The minimum atomic E-state index is -2.84. The molecule has 0 fully saturated rings. The molecule has 0 saturated carbocycles. The van der Waals surface area contributed by atoms with E-state index in [9.17, 15) is 8.42 Å². The second-order valence-corrected chi connectivity index (χ2v) is 7.12. The molecule has 2 nitrogen and oxygen atoms in total. The molecule has 0 aliphatic heterocycles. The topological polar surface area (TPSA) is 34.1 Å². The lowest BCUT2D eigenvalue weighted by Gasteiger charge is -2.02. The summed E-state index contributed by atoms with van der Waals surface area (Å²) in [7, 11) is -2.84. The molecule has 0 unspecified atom stereocenters. The van der Waals surface area contributed by atoms with Crippen molar-refractivity contribution >= 4 is 33.2 Å². The van der Waals surface area contributed by atoms with Crippen LogP contribution in [0.4, 0.5) is 0 Å². The summed E-state index contributed by atoms with van der Waals surface area (Å²) in [5, 5.41) is 0.695. The highest BCUT2D eigenvalue weighted by Crippen LogP contribution is 2.20. The predicted octanol–water partition coefficient (Wildman–Crippen LogP) is 2.87. The molecular formula is C10H13ClO2S2. The first-order valence-corrected chi connectivity index (χ1v) is 7.81. The Morgan fingerprint density at radius 1 is 1.27 bits per heavy atom. The van der Waals surface area contributed by atoms with Gasteiger partial charge in [0.2, 0.25) is 0 Å². The fourth-order valence-corrected chi connectivity index (χ4v) is 3.29. The van der Waals surface area contributed by atoms with Crippen LogP contribution in [-0.2, 0) is 9.84 Å². The summed E-state index contributed by atoms with van der Waals surface area (Å²) in [6.07, 6.45) is 0. The number of halogens is 1. The van der Waals surface area contributed by atoms with Crippen LogP contribution < -0.4 is 0 Å². The normalized spacial score (nSPS) is 11.6. The summed E-state index contributed by atoms with van der Waals surface area (Å²) in [6.45, 7) is 1.67. The zero-order valence-electron chi connectivity index (χ0n) is 8.44. The van der Waals surface area contributed by atoms with Gasteiger partial charge in [0, 0.05) is 21.4 Å². The molecule has 0 heterocycles. The largest absolute Gasteiger partial charge is 0.229 e. The summed E-state index contributed by atoms with van der Waals surface area (Å²) >= 11 is 7.27. The van der Waals surface area contributed by atoms with E-state index in [1.807, 2.05) is 12.1 Å². The summed E-state index contributed by atoms with van der Waals surface area (Å²) in [5.74, 6) is 1.04. The lowest BCUT2D eigenvalue weighted by atomic mass is 10.4. The molecule has 0 aliphatic rings. The number of rotatable bonds is 5. The summed E-state index contributed by atoms with van der Waals surface area (Å²) in [5.41, 5.74) is 0. The van der Waals surface area contributed by atoms with Gasteiger partial charge in [-0.2, -0.15) is 0 Å². The Bertz CT molecular complexity index is 398. The van der Waals surface area contributed by atoms with E-state index < -0.39 is 9.84 Å². The Hall–Kier alpha value is -0.190. The van der Waals surface area contributed by atoms with Gasteiger partial charge in [0.1, 0.15) is 0 Å². The highest BCUT2D eigenvalue weighted by Gasteiger charge is 2.06.